The lowest BCUT2D eigenvalue weighted by Crippen LogP contribution is -2.51. The van der Waals surface area contributed by atoms with Crippen molar-refractivity contribution in [3.63, 3.8) is 0 Å². The van der Waals surface area contributed by atoms with Crippen molar-refractivity contribution in [3.8, 4) is 0 Å². The van der Waals surface area contributed by atoms with Crippen LogP contribution >= 0.6 is 11.6 Å². The largest absolute Gasteiger partial charge is 0.444 e. The van der Waals surface area contributed by atoms with Crippen molar-refractivity contribution in [2.45, 2.75) is 50.8 Å². The molecule has 0 aliphatic carbocycles. The first-order chi connectivity index (χ1) is 9.39. The first kappa shape index (κ1) is 18.0. The van der Waals surface area contributed by atoms with Gasteiger partial charge in [0.15, 0.2) is 9.84 Å². The number of halogens is 1. The molecular formula is C12H21ClN2O5S. The van der Waals surface area contributed by atoms with E-state index in [9.17, 15) is 18.0 Å². The van der Waals surface area contributed by atoms with Gasteiger partial charge in [-0.1, -0.05) is 0 Å². The predicted molar refractivity (Wildman–Crippen MR) is 79.1 cm³/mol. The summed E-state index contributed by atoms with van der Waals surface area (Å²) in [7, 11) is -3.22. The number of alkyl halides is 1. The molecule has 9 heteroatoms. The van der Waals surface area contributed by atoms with Gasteiger partial charge in [0.2, 0.25) is 5.91 Å². The monoisotopic (exact) mass is 340 g/mol. The van der Waals surface area contributed by atoms with E-state index in [1.165, 1.54) is 6.92 Å². The highest BCUT2D eigenvalue weighted by atomic mass is 35.5. The normalized spacial score (nSPS) is 26.0. The third-order valence-corrected chi connectivity index (χ3v) is 5.11. The number of sulfone groups is 1. The Morgan fingerprint density at radius 2 is 1.86 bits per heavy atom. The average Bonchev–Trinajstić information content (AvgIpc) is 2.48. The number of nitrogens with one attached hydrogen (secondary N) is 2. The standard InChI is InChI=1S/C12H21ClN2O5S/c1-7(14-11(17)20-12(2,3)4)10(16)15-9-6-21(18,19)5-8(9)13/h7-9H,5-6H2,1-4H3,(H,14,17)(H,15,16)/t7-,8+,9-/m0/s1. The summed E-state index contributed by atoms with van der Waals surface area (Å²) in [5.41, 5.74) is -0.666. The van der Waals surface area contributed by atoms with Crippen LogP contribution in [0.2, 0.25) is 0 Å². The van der Waals surface area contributed by atoms with E-state index in [2.05, 4.69) is 10.6 Å². The first-order valence-corrected chi connectivity index (χ1v) is 8.80. The molecule has 21 heavy (non-hydrogen) atoms. The first-order valence-electron chi connectivity index (χ1n) is 6.54. The van der Waals surface area contributed by atoms with Gasteiger partial charge in [-0.15, -0.1) is 11.6 Å². The van der Waals surface area contributed by atoms with E-state index < -0.39 is 44.9 Å². The SMILES string of the molecule is C[C@H](NC(=O)OC(C)(C)C)C(=O)N[C@H]1CS(=O)(=O)C[C@H]1Cl. The summed E-state index contributed by atoms with van der Waals surface area (Å²) in [6, 6.07) is -1.50. The van der Waals surface area contributed by atoms with Gasteiger partial charge in [-0.3, -0.25) is 4.79 Å². The Bertz CT molecular complexity index is 514. The van der Waals surface area contributed by atoms with Gasteiger partial charge in [0.25, 0.3) is 0 Å². The zero-order valence-electron chi connectivity index (χ0n) is 12.5. The van der Waals surface area contributed by atoms with Gasteiger partial charge in [-0.25, -0.2) is 13.2 Å². The molecule has 1 aliphatic heterocycles. The van der Waals surface area contributed by atoms with Crippen molar-refractivity contribution in [2.24, 2.45) is 0 Å². The van der Waals surface area contributed by atoms with Gasteiger partial charge in [-0.2, -0.15) is 0 Å². The lowest BCUT2D eigenvalue weighted by atomic mass is 10.2. The summed E-state index contributed by atoms with van der Waals surface area (Å²) in [5.74, 6) is -0.854. The number of hydrogen-bond donors (Lipinski definition) is 2. The number of alkyl carbamates (subject to hydrolysis) is 1. The Morgan fingerprint density at radius 3 is 2.29 bits per heavy atom. The smallest absolute Gasteiger partial charge is 0.408 e. The molecule has 0 radical (unpaired) electrons. The number of hydrogen-bond acceptors (Lipinski definition) is 5. The molecule has 0 spiro atoms. The highest BCUT2D eigenvalue weighted by molar-refractivity contribution is 7.91. The minimum absolute atomic E-state index is 0.159. The number of rotatable bonds is 3. The second-order valence-corrected chi connectivity index (χ2v) is 8.79. The fourth-order valence-corrected chi connectivity index (χ4v) is 4.34. The number of carbonyl (C=O) groups excluding carboxylic acids is 2. The Kier molecular flexibility index (Phi) is 5.49. The van der Waals surface area contributed by atoms with Crippen LogP contribution in [0.5, 0.6) is 0 Å². The van der Waals surface area contributed by atoms with Crippen molar-refractivity contribution in [3.05, 3.63) is 0 Å². The topological polar surface area (TPSA) is 102 Å². The van der Waals surface area contributed by atoms with Crippen LogP contribution in [0.15, 0.2) is 0 Å². The molecule has 2 N–H and O–H groups in total. The van der Waals surface area contributed by atoms with Crippen LogP contribution in [0.4, 0.5) is 4.79 Å². The summed E-state index contributed by atoms with van der Waals surface area (Å²) in [4.78, 5) is 23.5. The Labute approximate surface area is 129 Å². The van der Waals surface area contributed by atoms with Gasteiger partial charge >= 0.3 is 6.09 Å². The molecule has 0 saturated carbocycles. The highest BCUT2D eigenvalue weighted by Crippen LogP contribution is 2.18. The highest BCUT2D eigenvalue weighted by Gasteiger charge is 2.38. The zero-order chi connectivity index (χ0) is 16.4. The second-order valence-electron chi connectivity index (χ2n) is 6.08. The molecule has 0 unspecified atom stereocenters. The van der Waals surface area contributed by atoms with Crippen molar-refractivity contribution in [2.75, 3.05) is 11.5 Å². The maximum Gasteiger partial charge on any atom is 0.408 e. The van der Waals surface area contributed by atoms with E-state index in [1.807, 2.05) is 0 Å². The molecule has 0 aromatic carbocycles. The molecule has 0 bridgehead atoms. The fourth-order valence-electron chi connectivity index (χ4n) is 1.79. The summed E-state index contributed by atoms with van der Waals surface area (Å²) >= 11 is 5.90. The van der Waals surface area contributed by atoms with Crippen LogP contribution in [0.3, 0.4) is 0 Å². The molecule has 7 nitrogen and oxygen atoms in total. The van der Waals surface area contributed by atoms with Crippen LogP contribution in [-0.2, 0) is 19.4 Å². The van der Waals surface area contributed by atoms with Gasteiger partial charge in [0.05, 0.1) is 22.9 Å². The minimum Gasteiger partial charge on any atom is -0.444 e. The van der Waals surface area contributed by atoms with E-state index in [4.69, 9.17) is 16.3 Å². The molecule has 2 amide bonds. The number of ether oxygens (including phenoxy) is 1. The van der Waals surface area contributed by atoms with Crippen LogP contribution in [-0.4, -0.2) is 55.0 Å². The van der Waals surface area contributed by atoms with Crippen LogP contribution in [0.1, 0.15) is 27.7 Å². The molecule has 1 heterocycles. The lowest BCUT2D eigenvalue weighted by Gasteiger charge is -2.22. The van der Waals surface area contributed by atoms with Gasteiger partial charge in [0.1, 0.15) is 11.6 Å². The maximum absolute atomic E-state index is 11.9. The van der Waals surface area contributed by atoms with Gasteiger partial charge < -0.3 is 15.4 Å². The Hall–Kier alpha value is -1.02. The number of amides is 2. The van der Waals surface area contributed by atoms with E-state index in [0.29, 0.717) is 0 Å². The summed E-state index contributed by atoms with van der Waals surface area (Å²) in [6.07, 6.45) is -0.716. The average molecular weight is 341 g/mol. The van der Waals surface area contributed by atoms with Crippen LogP contribution in [0.25, 0.3) is 0 Å². The summed E-state index contributed by atoms with van der Waals surface area (Å²) < 4.78 is 27.9. The van der Waals surface area contributed by atoms with E-state index in [-0.39, 0.29) is 11.5 Å². The zero-order valence-corrected chi connectivity index (χ0v) is 14.0. The minimum atomic E-state index is -3.22. The third-order valence-electron chi connectivity index (χ3n) is 2.74. The second kappa shape index (κ2) is 6.39. The molecule has 122 valence electrons. The number of carbonyl (C=O) groups is 2. The Balaban J connectivity index is 2.50. The molecule has 0 aromatic rings. The van der Waals surface area contributed by atoms with Crippen LogP contribution < -0.4 is 10.6 Å². The fraction of sp³-hybridized carbons (Fsp3) is 0.833. The molecule has 1 saturated heterocycles. The van der Waals surface area contributed by atoms with E-state index >= 15 is 0 Å². The molecule has 1 rings (SSSR count). The van der Waals surface area contributed by atoms with Gasteiger partial charge in [0, 0.05) is 0 Å². The quantitative estimate of drug-likeness (QED) is 0.725. The molecule has 3 atom stereocenters. The molecule has 1 fully saturated rings. The Morgan fingerprint density at radius 1 is 1.29 bits per heavy atom. The van der Waals surface area contributed by atoms with Crippen molar-refractivity contribution in [1.29, 1.82) is 0 Å². The predicted octanol–water partition coefficient (Wildman–Crippen LogP) is 0.420. The van der Waals surface area contributed by atoms with E-state index in [1.54, 1.807) is 20.8 Å². The van der Waals surface area contributed by atoms with E-state index in [0.717, 1.165) is 0 Å². The summed E-state index contributed by atoms with van der Waals surface area (Å²) in [5, 5.41) is 4.25. The lowest BCUT2D eigenvalue weighted by molar-refractivity contribution is -0.123. The maximum atomic E-state index is 11.9. The molecule has 0 aromatic heterocycles. The van der Waals surface area contributed by atoms with Crippen molar-refractivity contribution < 1.29 is 22.7 Å². The van der Waals surface area contributed by atoms with Crippen LogP contribution in [0, 0.1) is 0 Å². The van der Waals surface area contributed by atoms with Gasteiger partial charge in [-0.05, 0) is 27.7 Å². The molecular weight excluding hydrogens is 320 g/mol. The third kappa shape index (κ3) is 6.09. The molecule has 1 aliphatic rings. The van der Waals surface area contributed by atoms with Crippen molar-refractivity contribution >= 4 is 33.4 Å². The summed E-state index contributed by atoms with van der Waals surface area (Å²) in [6.45, 7) is 6.60. The van der Waals surface area contributed by atoms with Crippen molar-refractivity contribution in [1.82, 2.24) is 10.6 Å².